The van der Waals surface area contributed by atoms with Crippen LogP contribution >= 0.6 is 24.0 Å². The number of carbonyl (C=O) groups is 1. The summed E-state index contributed by atoms with van der Waals surface area (Å²) in [6, 6.07) is 7.84. The van der Waals surface area contributed by atoms with Gasteiger partial charge >= 0.3 is 0 Å². The lowest BCUT2D eigenvalue weighted by Gasteiger charge is -2.24. The number of hydrogen-bond donors (Lipinski definition) is 2. The van der Waals surface area contributed by atoms with E-state index in [1.807, 2.05) is 18.2 Å². The second-order valence-corrected chi connectivity index (χ2v) is 5.98. The van der Waals surface area contributed by atoms with Crippen molar-refractivity contribution in [3.63, 3.8) is 0 Å². The summed E-state index contributed by atoms with van der Waals surface area (Å²) in [5.74, 6) is 0.721. The molecule has 1 aliphatic heterocycles. The van der Waals surface area contributed by atoms with Crippen molar-refractivity contribution in [2.45, 2.75) is 44.2 Å². The fourth-order valence-electron chi connectivity index (χ4n) is 3.30. The summed E-state index contributed by atoms with van der Waals surface area (Å²) in [6.45, 7) is 0. The summed E-state index contributed by atoms with van der Waals surface area (Å²) in [7, 11) is 0. The number of halogens is 2. The molecule has 3 atom stereocenters. The van der Waals surface area contributed by atoms with Gasteiger partial charge in [0.05, 0.1) is 16.8 Å². The third-order valence-electron chi connectivity index (χ3n) is 4.31. The van der Waals surface area contributed by atoms with E-state index < -0.39 is 0 Å². The first-order valence-electron chi connectivity index (χ1n) is 7.05. The van der Waals surface area contributed by atoms with Gasteiger partial charge in [0.25, 0.3) is 0 Å². The molecule has 5 heteroatoms. The van der Waals surface area contributed by atoms with E-state index in [2.05, 4.69) is 10.6 Å². The molecule has 1 saturated heterocycles. The zero-order chi connectivity index (χ0) is 13.2. The summed E-state index contributed by atoms with van der Waals surface area (Å²) in [4.78, 5) is 12.3. The monoisotopic (exact) mass is 314 g/mol. The van der Waals surface area contributed by atoms with E-state index in [-0.39, 0.29) is 24.4 Å². The Morgan fingerprint density at radius 1 is 1.25 bits per heavy atom. The Kier molecular flexibility index (Phi) is 5.30. The van der Waals surface area contributed by atoms with Gasteiger partial charge < -0.3 is 10.6 Å². The van der Waals surface area contributed by atoms with E-state index in [9.17, 15) is 4.79 Å². The topological polar surface area (TPSA) is 41.1 Å². The molecule has 2 N–H and O–H groups in total. The number of carbonyl (C=O) groups excluding carboxylic acids is 1. The molecule has 3 unspecified atom stereocenters. The van der Waals surface area contributed by atoms with Crippen LogP contribution in [0.3, 0.4) is 0 Å². The van der Waals surface area contributed by atoms with Crippen LogP contribution in [0.5, 0.6) is 0 Å². The van der Waals surface area contributed by atoms with Crippen LogP contribution in [0, 0.1) is 5.92 Å². The van der Waals surface area contributed by atoms with E-state index >= 15 is 0 Å². The van der Waals surface area contributed by atoms with Crippen molar-refractivity contribution < 1.29 is 4.79 Å². The highest BCUT2D eigenvalue weighted by Crippen LogP contribution is 2.33. The number of anilines is 1. The molecule has 110 valence electrons. The third-order valence-corrected chi connectivity index (χ3v) is 4.64. The second-order valence-electron chi connectivity index (χ2n) is 5.58. The molecule has 1 amide bonds. The lowest BCUT2D eigenvalue weighted by atomic mass is 9.85. The molecule has 1 saturated carbocycles. The Morgan fingerprint density at radius 3 is 2.75 bits per heavy atom. The van der Waals surface area contributed by atoms with Crippen molar-refractivity contribution in [2.24, 2.45) is 5.92 Å². The molecule has 1 heterocycles. The molecule has 3 rings (SSSR count). The first-order chi connectivity index (χ1) is 9.24. The van der Waals surface area contributed by atoms with E-state index in [0.717, 1.165) is 6.42 Å². The Bertz CT molecular complexity index is 467. The molecule has 1 aliphatic carbocycles. The number of hydrogen-bond acceptors (Lipinski definition) is 2. The van der Waals surface area contributed by atoms with Gasteiger partial charge in [-0.25, -0.2) is 0 Å². The Labute approximate surface area is 130 Å². The normalized spacial score (nSPS) is 28.4. The first kappa shape index (κ1) is 15.6. The van der Waals surface area contributed by atoms with Gasteiger partial charge in [-0.05, 0) is 37.3 Å². The minimum Gasteiger partial charge on any atom is -0.323 e. The van der Waals surface area contributed by atoms with Gasteiger partial charge in [-0.1, -0.05) is 36.6 Å². The summed E-state index contributed by atoms with van der Waals surface area (Å²) >= 11 is 6.06. The second kappa shape index (κ2) is 6.79. The van der Waals surface area contributed by atoms with Crippen molar-refractivity contribution >= 4 is 35.6 Å². The minimum absolute atomic E-state index is 0. The highest BCUT2D eigenvalue weighted by atomic mass is 35.5. The number of fused-ring (bicyclic) bond motifs is 1. The van der Waals surface area contributed by atoms with Gasteiger partial charge in [0, 0.05) is 6.04 Å². The van der Waals surface area contributed by atoms with Gasteiger partial charge in [0.1, 0.15) is 0 Å². The summed E-state index contributed by atoms with van der Waals surface area (Å²) in [6.07, 6.45) is 6.02. The Hall–Kier alpha value is -0.770. The van der Waals surface area contributed by atoms with Crippen molar-refractivity contribution in [1.82, 2.24) is 5.32 Å². The number of rotatable bonds is 2. The number of nitrogens with one attached hydrogen (secondary N) is 2. The minimum atomic E-state index is -0.0654. The van der Waals surface area contributed by atoms with Crippen LogP contribution < -0.4 is 10.6 Å². The van der Waals surface area contributed by atoms with Gasteiger partial charge in [0.2, 0.25) is 5.91 Å². The molecule has 3 nitrogen and oxygen atoms in total. The van der Waals surface area contributed by atoms with E-state index in [1.165, 1.54) is 25.7 Å². The molecule has 0 aromatic heterocycles. The van der Waals surface area contributed by atoms with Gasteiger partial charge in [-0.3, -0.25) is 4.79 Å². The maximum atomic E-state index is 12.3. The van der Waals surface area contributed by atoms with Crippen LogP contribution in [-0.4, -0.2) is 18.0 Å². The molecular weight excluding hydrogens is 295 g/mol. The SMILES string of the molecule is Cl.O=C(Nc1ccccc1Cl)C1CC2CCCCC2N1. The van der Waals surface area contributed by atoms with Crippen molar-refractivity contribution in [1.29, 1.82) is 0 Å². The lowest BCUT2D eigenvalue weighted by Crippen LogP contribution is -2.39. The maximum absolute atomic E-state index is 12.3. The van der Waals surface area contributed by atoms with E-state index in [1.54, 1.807) is 6.07 Å². The average Bonchev–Trinajstić information content (AvgIpc) is 2.85. The average molecular weight is 315 g/mol. The quantitative estimate of drug-likeness (QED) is 0.875. The van der Waals surface area contributed by atoms with Crippen molar-refractivity contribution in [2.75, 3.05) is 5.32 Å². The van der Waals surface area contributed by atoms with Crippen LogP contribution in [-0.2, 0) is 4.79 Å². The Morgan fingerprint density at radius 2 is 2.00 bits per heavy atom. The zero-order valence-corrected chi connectivity index (χ0v) is 12.8. The molecular formula is C15H20Cl2N2O. The van der Waals surface area contributed by atoms with Crippen LogP contribution in [0.15, 0.2) is 24.3 Å². The van der Waals surface area contributed by atoms with Gasteiger partial charge in [0.15, 0.2) is 0 Å². The standard InChI is InChI=1S/C15H19ClN2O.ClH/c16-11-6-2-4-8-13(11)18-15(19)14-9-10-5-1-3-7-12(10)17-14;/h2,4,6,8,10,12,14,17H,1,3,5,7,9H2,(H,18,19);1H. The number of amides is 1. The molecule has 0 spiro atoms. The van der Waals surface area contributed by atoms with Crippen LogP contribution in [0.1, 0.15) is 32.1 Å². The third kappa shape index (κ3) is 3.27. The maximum Gasteiger partial charge on any atom is 0.241 e. The predicted octanol–water partition coefficient (Wildman–Crippen LogP) is 3.62. The van der Waals surface area contributed by atoms with E-state index in [4.69, 9.17) is 11.6 Å². The molecule has 0 radical (unpaired) electrons. The molecule has 1 aromatic carbocycles. The lowest BCUT2D eigenvalue weighted by molar-refractivity contribution is -0.117. The van der Waals surface area contributed by atoms with E-state index in [0.29, 0.717) is 22.7 Å². The van der Waals surface area contributed by atoms with Crippen LogP contribution in [0.4, 0.5) is 5.69 Å². The summed E-state index contributed by atoms with van der Waals surface area (Å²) in [5.41, 5.74) is 0.700. The molecule has 0 bridgehead atoms. The number of para-hydroxylation sites is 1. The molecule has 20 heavy (non-hydrogen) atoms. The predicted molar refractivity (Wildman–Crippen MR) is 84.6 cm³/mol. The summed E-state index contributed by atoms with van der Waals surface area (Å²) in [5, 5.41) is 6.99. The first-order valence-corrected chi connectivity index (χ1v) is 7.43. The number of benzene rings is 1. The fraction of sp³-hybridized carbons (Fsp3) is 0.533. The van der Waals surface area contributed by atoms with Crippen LogP contribution in [0.2, 0.25) is 5.02 Å². The Balaban J connectivity index is 0.00000147. The van der Waals surface area contributed by atoms with Crippen molar-refractivity contribution in [3.8, 4) is 0 Å². The largest absolute Gasteiger partial charge is 0.323 e. The van der Waals surface area contributed by atoms with Gasteiger partial charge in [-0.15, -0.1) is 12.4 Å². The molecule has 1 aromatic rings. The highest BCUT2D eigenvalue weighted by Gasteiger charge is 2.38. The summed E-state index contributed by atoms with van der Waals surface area (Å²) < 4.78 is 0. The van der Waals surface area contributed by atoms with Crippen LogP contribution in [0.25, 0.3) is 0 Å². The van der Waals surface area contributed by atoms with Crippen molar-refractivity contribution in [3.05, 3.63) is 29.3 Å². The smallest absolute Gasteiger partial charge is 0.241 e. The van der Waals surface area contributed by atoms with Gasteiger partial charge in [-0.2, -0.15) is 0 Å². The zero-order valence-electron chi connectivity index (χ0n) is 11.3. The molecule has 2 aliphatic rings. The highest BCUT2D eigenvalue weighted by molar-refractivity contribution is 6.33. The fourth-order valence-corrected chi connectivity index (χ4v) is 3.49. The molecule has 2 fully saturated rings.